The molecule has 0 spiro atoms. The molecular formula is C14H18N2O2S. The fraction of sp³-hybridized carbons (Fsp3) is 0.357. The van der Waals surface area contributed by atoms with Crippen LogP contribution in [0.4, 0.5) is 0 Å². The fourth-order valence-electron chi connectivity index (χ4n) is 1.90. The fourth-order valence-corrected chi connectivity index (χ4v) is 2.76. The van der Waals surface area contributed by atoms with Gasteiger partial charge in [0.1, 0.15) is 12.0 Å². The molecule has 1 N–H and O–H groups in total. The zero-order valence-corrected chi connectivity index (χ0v) is 11.9. The third kappa shape index (κ3) is 3.75. The van der Waals surface area contributed by atoms with E-state index >= 15 is 0 Å². The second-order valence-electron chi connectivity index (χ2n) is 3.96. The van der Waals surface area contributed by atoms with Crippen LogP contribution in [-0.4, -0.2) is 24.4 Å². The number of oxazole rings is 1. The smallest absolute Gasteiger partial charge is 0.255 e. The molecule has 0 aliphatic rings. The molecule has 0 amide bonds. The van der Waals surface area contributed by atoms with Gasteiger partial charge in [-0.15, -0.1) is 0 Å². The van der Waals surface area contributed by atoms with Crippen molar-refractivity contribution in [2.24, 2.45) is 0 Å². The zero-order valence-electron chi connectivity index (χ0n) is 11.1. The summed E-state index contributed by atoms with van der Waals surface area (Å²) in [7, 11) is 1.70. The van der Waals surface area contributed by atoms with Crippen LogP contribution in [0.1, 0.15) is 18.5 Å². The number of methoxy groups -OCH3 is 1. The first kappa shape index (κ1) is 14.0. The lowest BCUT2D eigenvalue weighted by Crippen LogP contribution is -2.23. The van der Waals surface area contributed by atoms with E-state index < -0.39 is 0 Å². The van der Waals surface area contributed by atoms with Gasteiger partial charge in [-0.3, -0.25) is 0 Å². The lowest BCUT2D eigenvalue weighted by molar-refractivity contribution is 0.402. The number of rotatable bonds is 7. The summed E-state index contributed by atoms with van der Waals surface area (Å²) in [5.41, 5.74) is 1.16. The molecule has 102 valence electrons. The van der Waals surface area contributed by atoms with Crippen LogP contribution in [0.5, 0.6) is 5.75 Å². The largest absolute Gasteiger partial charge is 0.496 e. The Labute approximate surface area is 117 Å². The molecule has 0 aliphatic heterocycles. The molecule has 1 aromatic carbocycles. The lowest BCUT2D eigenvalue weighted by atomic mass is 10.1. The topological polar surface area (TPSA) is 47.3 Å². The molecule has 4 nitrogen and oxygen atoms in total. The Morgan fingerprint density at radius 2 is 2.26 bits per heavy atom. The molecule has 1 atom stereocenters. The Morgan fingerprint density at radius 1 is 1.42 bits per heavy atom. The van der Waals surface area contributed by atoms with Crippen molar-refractivity contribution in [1.29, 1.82) is 0 Å². The first-order valence-electron chi connectivity index (χ1n) is 6.23. The van der Waals surface area contributed by atoms with Gasteiger partial charge in [0.2, 0.25) is 0 Å². The van der Waals surface area contributed by atoms with Crippen molar-refractivity contribution in [1.82, 2.24) is 10.3 Å². The van der Waals surface area contributed by atoms with Gasteiger partial charge in [-0.05, 0) is 12.6 Å². The van der Waals surface area contributed by atoms with Crippen molar-refractivity contribution in [3.05, 3.63) is 42.3 Å². The summed E-state index contributed by atoms with van der Waals surface area (Å²) in [6.07, 6.45) is 3.25. The van der Waals surface area contributed by atoms with Crippen LogP contribution in [0, 0.1) is 0 Å². The Morgan fingerprint density at radius 3 is 2.95 bits per heavy atom. The number of hydrogen-bond acceptors (Lipinski definition) is 5. The van der Waals surface area contributed by atoms with Crippen LogP contribution in [0.25, 0.3) is 0 Å². The van der Waals surface area contributed by atoms with Crippen molar-refractivity contribution < 1.29 is 9.15 Å². The summed E-state index contributed by atoms with van der Waals surface area (Å²) >= 11 is 1.59. The Hall–Kier alpha value is -1.46. The van der Waals surface area contributed by atoms with Crippen LogP contribution in [0.2, 0.25) is 0 Å². The molecule has 1 heterocycles. The SMILES string of the molecule is CCNC(CSc1ncco1)c1ccccc1OC. The van der Waals surface area contributed by atoms with Crippen molar-refractivity contribution in [3.63, 3.8) is 0 Å². The van der Waals surface area contributed by atoms with Gasteiger partial charge in [0, 0.05) is 17.4 Å². The molecule has 0 bridgehead atoms. The minimum Gasteiger partial charge on any atom is -0.496 e. The van der Waals surface area contributed by atoms with Crippen molar-refractivity contribution in [3.8, 4) is 5.75 Å². The van der Waals surface area contributed by atoms with E-state index in [-0.39, 0.29) is 6.04 Å². The minimum absolute atomic E-state index is 0.207. The summed E-state index contributed by atoms with van der Waals surface area (Å²) in [6, 6.07) is 8.28. The molecule has 0 saturated heterocycles. The molecule has 19 heavy (non-hydrogen) atoms. The molecule has 0 saturated carbocycles. The van der Waals surface area contributed by atoms with Gasteiger partial charge >= 0.3 is 0 Å². The van der Waals surface area contributed by atoms with Crippen molar-refractivity contribution in [2.45, 2.75) is 18.2 Å². The number of hydrogen-bond donors (Lipinski definition) is 1. The van der Waals surface area contributed by atoms with Gasteiger partial charge in [0.25, 0.3) is 5.22 Å². The standard InChI is InChI=1S/C14H18N2O2S/c1-3-15-12(10-19-14-16-8-9-18-14)11-6-4-5-7-13(11)17-2/h4-9,12,15H,3,10H2,1-2H3. The number of aromatic nitrogens is 1. The summed E-state index contributed by atoms with van der Waals surface area (Å²) in [4.78, 5) is 4.12. The highest BCUT2D eigenvalue weighted by Gasteiger charge is 2.16. The highest BCUT2D eigenvalue weighted by molar-refractivity contribution is 7.99. The van der Waals surface area contributed by atoms with E-state index in [1.54, 1.807) is 31.3 Å². The third-order valence-corrected chi connectivity index (χ3v) is 3.70. The number of benzene rings is 1. The highest BCUT2D eigenvalue weighted by Crippen LogP contribution is 2.29. The highest BCUT2D eigenvalue weighted by atomic mass is 32.2. The van der Waals surface area contributed by atoms with Crippen LogP contribution < -0.4 is 10.1 Å². The van der Waals surface area contributed by atoms with Crippen LogP contribution in [0.3, 0.4) is 0 Å². The average Bonchev–Trinajstić information content (AvgIpc) is 2.96. The lowest BCUT2D eigenvalue weighted by Gasteiger charge is -2.19. The van der Waals surface area contributed by atoms with E-state index in [0.29, 0.717) is 5.22 Å². The second kappa shape index (κ2) is 7.21. The van der Waals surface area contributed by atoms with E-state index in [0.717, 1.165) is 23.6 Å². The van der Waals surface area contributed by atoms with E-state index in [1.165, 1.54) is 0 Å². The average molecular weight is 278 g/mol. The van der Waals surface area contributed by atoms with Crippen LogP contribution in [-0.2, 0) is 0 Å². The van der Waals surface area contributed by atoms with E-state index in [9.17, 15) is 0 Å². The van der Waals surface area contributed by atoms with Crippen molar-refractivity contribution >= 4 is 11.8 Å². The molecule has 2 aromatic rings. The zero-order chi connectivity index (χ0) is 13.5. The minimum atomic E-state index is 0.207. The molecule has 0 radical (unpaired) electrons. The van der Waals surface area contributed by atoms with Gasteiger partial charge in [-0.1, -0.05) is 36.9 Å². The second-order valence-corrected chi connectivity index (χ2v) is 4.93. The van der Waals surface area contributed by atoms with E-state index in [2.05, 4.69) is 23.3 Å². The summed E-state index contributed by atoms with van der Waals surface area (Å²) in [5.74, 6) is 1.75. The number of thioether (sulfide) groups is 1. The van der Waals surface area contributed by atoms with Gasteiger partial charge in [-0.25, -0.2) is 4.98 Å². The van der Waals surface area contributed by atoms with Gasteiger partial charge < -0.3 is 14.5 Å². The first-order chi connectivity index (χ1) is 9.35. The van der Waals surface area contributed by atoms with Gasteiger partial charge in [0.05, 0.1) is 13.3 Å². The molecule has 5 heteroatoms. The monoisotopic (exact) mass is 278 g/mol. The van der Waals surface area contributed by atoms with E-state index in [1.807, 2.05) is 18.2 Å². The first-order valence-corrected chi connectivity index (χ1v) is 7.22. The molecule has 1 unspecified atom stereocenters. The number of nitrogens with one attached hydrogen (secondary N) is 1. The van der Waals surface area contributed by atoms with Gasteiger partial charge in [-0.2, -0.15) is 0 Å². The number of para-hydroxylation sites is 1. The maximum atomic E-state index is 5.42. The molecule has 1 aromatic heterocycles. The number of nitrogens with zero attached hydrogens (tertiary/aromatic N) is 1. The molecule has 2 rings (SSSR count). The predicted molar refractivity (Wildman–Crippen MR) is 76.6 cm³/mol. The molecule has 0 fully saturated rings. The Balaban J connectivity index is 2.10. The summed E-state index contributed by atoms with van der Waals surface area (Å²) in [5, 5.41) is 4.16. The predicted octanol–water partition coefficient (Wildman–Crippen LogP) is 3.13. The molecular weight excluding hydrogens is 260 g/mol. The summed E-state index contributed by atoms with van der Waals surface area (Å²) < 4.78 is 10.7. The molecule has 0 aliphatic carbocycles. The third-order valence-electron chi connectivity index (χ3n) is 2.75. The number of ether oxygens (including phenoxy) is 1. The summed E-state index contributed by atoms with van der Waals surface area (Å²) in [6.45, 7) is 2.99. The maximum absolute atomic E-state index is 5.42. The van der Waals surface area contributed by atoms with Crippen molar-refractivity contribution in [2.75, 3.05) is 19.4 Å². The quantitative estimate of drug-likeness (QED) is 0.788. The Bertz CT molecular complexity index is 488. The normalized spacial score (nSPS) is 12.3. The van der Waals surface area contributed by atoms with Crippen LogP contribution >= 0.6 is 11.8 Å². The van der Waals surface area contributed by atoms with E-state index in [4.69, 9.17) is 9.15 Å². The maximum Gasteiger partial charge on any atom is 0.255 e. The Kier molecular flexibility index (Phi) is 5.30. The van der Waals surface area contributed by atoms with Crippen LogP contribution in [0.15, 0.2) is 46.4 Å². The van der Waals surface area contributed by atoms with Gasteiger partial charge in [0.15, 0.2) is 0 Å².